The van der Waals surface area contributed by atoms with Crippen LogP contribution in [0.2, 0.25) is 0 Å². The molecule has 21 heavy (non-hydrogen) atoms. The summed E-state index contributed by atoms with van der Waals surface area (Å²) in [7, 11) is 1.69. The van der Waals surface area contributed by atoms with Crippen LogP contribution < -0.4 is 5.32 Å². The van der Waals surface area contributed by atoms with Gasteiger partial charge in [-0.2, -0.15) is 0 Å². The second kappa shape index (κ2) is 9.60. The molecular weight excluding hydrogens is 272 g/mol. The molecule has 0 aromatic carbocycles. The van der Waals surface area contributed by atoms with Crippen molar-refractivity contribution in [2.24, 2.45) is 11.3 Å². The summed E-state index contributed by atoms with van der Waals surface area (Å²) in [6, 6.07) is -0.251. The smallest absolute Gasteiger partial charge is 0.317 e. The fraction of sp³-hybridized carbons (Fsp3) is 0.867. The van der Waals surface area contributed by atoms with Crippen LogP contribution in [0, 0.1) is 11.3 Å². The number of carbonyl (C=O) groups is 2. The molecule has 0 spiro atoms. The molecule has 0 fully saturated rings. The monoisotopic (exact) mass is 302 g/mol. The van der Waals surface area contributed by atoms with Crippen LogP contribution in [0.15, 0.2) is 0 Å². The summed E-state index contributed by atoms with van der Waals surface area (Å²) in [5, 5.41) is 20.6. The van der Waals surface area contributed by atoms with E-state index < -0.39 is 11.9 Å². The van der Waals surface area contributed by atoms with Gasteiger partial charge in [0.25, 0.3) is 0 Å². The normalized spacial score (nSPS) is 12.8. The third-order valence-corrected chi connectivity index (χ3v) is 3.21. The topological polar surface area (TPSA) is 89.9 Å². The number of unbranched alkanes of at least 4 members (excludes halogenated alkanes) is 2. The molecule has 0 aromatic heterocycles. The van der Waals surface area contributed by atoms with Gasteiger partial charge in [-0.3, -0.25) is 4.79 Å². The zero-order chi connectivity index (χ0) is 16.5. The van der Waals surface area contributed by atoms with Crippen LogP contribution in [-0.4, -0.2) is 53.9 Å². The highest BCUT2D eigenvalue weighted by atomic mass is 16.4. The summed E-state index contributed by atoms with van der Waals surface area (Å²) < 4.78 is 0. The molecule has 0 aliphatic carbocycles. The lowest BCUT2D eigenvalue weighted by Crippen LogP contribution is -2.42. The first-order chi connectivity index (χ1) is 9.67. The summed E-state index contributed by atoms with van der Waals surface area (Å²) in [4.78, 5) is 24.6. The molecule has 1 unspecified atom stereocenters. The Labute approximate surface area is 127 Å². The Balaban J connectivity index is 4.15. The molecule has 0 aliphatic rings. The van der Waals surface area contributed by atoms with Crippen molar-refractivity contribution in [1.82, 2.24) is 10.2 Å². The minimum Gasteiger partial charge on any atom is -0.481 e. The molecule has 1 atom stereocenters. The second-order valence-corrected chi connectivity index (χ2v) is 6.69. The number of amides is 2. The molecule has 3 N–H and O–H groups in total. The van der Waals surface area contributed by atoms with E-state index in [1.54, 1.807) is 11.9 Å². The molecule has 0 bridgehead atoms. The van der Waals surface area contributed by atoms with Gasteiger partial charge in [0.15, 0.2) is 0 Å². The SMILES string of the molecule is CN(CCCCCO)C(=O)NCC(CC(C)(C)C)C(=O)O. The van der Waals surface area contributed by atoms with E-state index in [0.29, 0.717) is 13.0 Å². The lowest BCUT2D eigenvalue weighted by atomic mass is 9.84. The van der Waals surface area contributed by atoms with Crippen molar-refractivity contribution in [2.75, 3.05) is 26.7 Å². The van der Waals surface area contributed by atoms with Gasteiger partial charge in [0.1, 0.15) is 0 Å². The third-order valence-electron chi connectivity index (χ3n) is 3.21. The molecule has 6 heteroatoms. The highest BCUT2D eigenvalue weighted by molar-refractivity contribution is 5.75. The Morgan fingerprint density at radius 1 is 1.19 bits per heavy atom. The van der Waals surface area contributed by atoms with Crippen molar-refractivity contribution < 1.29 is 19.8 Å². The number of hydrogen-bond donors (Lipinski definition) is 3. The van der Waals surface area contributed by atoms with Gasteiger partial charge in [0.2, 0.25) is 0 Å². The molecule has 0 aromatic rings. The predicted octanol–water partition coefficient (Wildman–Crippen LogP) is 1.93. The van der Waals surface area contributed by atoms with Gasteiger partial charge in [-0.25, -0.2) is 4.79 Å². The van der Waals surface area contributed by atoms with Gasteiger partial charge in [-0.1, -0.05) is 20.8 Å². The number of carboxylic acids is 1. The van der Waals surface area contributed by atoms with Gasteiger partial charge < -0.3 is 20.4 Å². The standard InChI is InChI=1S/C15H30N2O4/c1-15(2,3)10-12(13(19)20)11-16-14(21)17(4)8-6-5-7-9-18/h12,18H,5-11H2,1-4H3,(H,16,21)(H,19,20). The van der Waals surface area contributed by atoms with Crippen LogP contribution >= 0.6 is 0 Å². The van der Waals surface area contributed by atoms with E-state index in [1.807, 2.05) is 20.8 Å². The Kier molecular flexibility index (Phi) is 9.01. The summed E-state index contributed by atoms with van der Waals surface area (Å²) in [5.41, 5.74) is -0.0933. The van der Waals surface area contributed by atoms with Gasteiger partial charge in [0, 0.05) is 26.7 Å². The number of hydrogen-bond acceptors (Lipinski definition) is 3. The number of aliphatic hydroxyl groups excluding tert-OH is 1. The highest BCUT2D eigenvalue weighted by Crippen LogP contribution is 2.24. The fourth-order valence-electron chi connectivity index (χ4n) is 2.07. The number of aliphatic hydroxyl groups is 1. The summed E-state index contributed by atoms with van der Waals surface area (Å²) in [5.74, 6) is -1.45. The number of carboxylic acid groups (broad SMARTS) is 1. The van der Waals surface area contributed by atoms with Crippen molar-refractivity contribution in [3.8, 4) is 0 Å². The van der Waals surface area contributed by atoms with E-state index in [2.05, 4.69) is 5.32 Å². The Bertz CT molecular complexity index is 326. The zero-order valence-corrected chi connectivity index (χ0v) is 13.7. The Morgan fingerprint density at radius 2 is 1.81 bits per heavy atom. The average Bonchev–Trinajstić information content (AvgIpc) is 2.37. The van der Waals surface area contributed by atoms with Gasteiger partial charge in [-0.15, -0.1) is 0 Å². The minimum atomic E-state index is -0.879. The van der Waals surface area contributed by atoms with Crippen molar-refractivity contribution in [1.29, 1.82) is 0 Å². The van der Waals surface area contributed by atoms with E-state index in [1.165, 1.54) is 0 Å². The summed E-state index contributed by atoms with van der Waals surface area (Å²) in [6.07, 6.45) is 2.95. The first-order valence-electron chi connectivity index (χ1n) is 7.50. The van der Waals surface area contributed by atoms with Crippen LogP contribution in [0.5, 0.6) is 0 Å². The van der Waals surface area contributed by atoms with Gasteiger partial charge >= 0.3 is 12.0 Å². The van der Waals surface area contributed by atoms with Crippen LogP contribution in [0.3, 0.4) is 0 Å². The lowest BCUT2D eigenvalue weighted by molar-refractivity contribution is -0.142. The van der Waals surface area contributed by atoms with E-state index in [0.717, 1.165) is 19.3 Å². The lowest BCUT2D eigenvalue weighted by Gasteiger charge is -2.24. The van der Waals surface area contributed by atoms with E-state index >= 15 is 0 Å². The van der Waals surface area contributed by atoms with Crippen LogP contribution in [0.4, 0.5) is 4.79 Å². The molecule has 124 valence electrons. The van der Waals surface area contributed by atoms with Crippen molar-refractivity contribution in [2.45, 2.75) is 46.5 Å². The molecular formula is C15H30N2O4. The number of nitrogens with one attached hydrogen (secondary N) is 1. The van der Waals surface area contributed by atoms with Crippen LogP contribution in [0.1, 0.15) is 46.5 Å². The molecule has 0 saturated heterocycles. The number of rotatable bonds is 9. The molecule has 2 amide bonds. The van der Waals surface area contributed by atoms with Gasteiger partial charge in [-0.05, 0) is 31.1 Å². The molecule has 6 nitrogen and oxygen atoms in total. The Hall–Kier alpha value is -1.30. The van der Waals surface area contributed by atoms with Gasteiger partial charge in [0.05, 0.1) is 5.92 Å². The first-order valence-corrected chi connectivity index (χ1v) is 7.50. The molecule has 0 heterocycles. The van der Waals surface area contributed by atoms with E-state index in [-0.39, 0.29) is 24.6 Å². The summed E-state index contributed by atoms with van der Waals surface area (Å²) >= 11 is 0. The maximum Gasteiger partial charge on any atom is 0.317 e. The van der Waals surface area contributed by atoms with Crippen LogP contribution in [0.25, 0.3) is 0 Å². The second-order valence-electron chi connectivity index (χ2n) is 6.69. The average molecular weight is 302 g/mol. The Morgan fingerprint density at radius 3 is 2.29 bits per heavy atom. The maximum absolute atomic E-state index is 11.9. The highest BCUT2D eigenvalue weighted by Gasteiger charge is 2.25. The molecule has 0 radical (unpaired) electrons. The molecule has 0 rings (SSSR count). The maximum atomic E-state index is 11.9. The first kappa shape index (κ1) is 19.7. The van der Waals surface area contributed by atoms with Crippen LogP contribution in [-0.2, 0) is 4.79 Å². The van der Waals surface area contributed by atoms with E-state index in [9.17, 15) is 14.7 Å². The molecule has 0 saturated carbocycles. The zero-order valence-electron chi connectivity index (χ0n) is 13.7. The van der Waals surface area contributed by atoms with E-state index in [4.69, 9.17) is 5.11 Å². The van der Waals surface area contributed by atoms with Crippen molar-refractivity contribution in [3.05, 3.63) is 0 Å². The largest absolute Gasteiger partial charge is 0.481 e. The molecule has 0 aliphatic heterocycles. The predicted molar refractivity (Wildman–Crippen MR) is 82.2 cm³/mol. The van der Waals surface area contributed by atoms with Crippen molar-refractivity contribution in [3.63, 3.8) is 0 Å². The number of aliphatic carboxylic acids is 1. The number of nitrogens with zero attached hydrogens (tertiary/aromatic N) is 1. The van der Waals surface area contributed by atoms with Crippen molar-refractivity contribution >= 4 is 12.0 Å². The minimum absolute atomic E-state index is 0.0933. The third kappa shape index (κ3) is 10.1. The fourth-order valence-corrected chi connectivity index (χ4v) is 2.07. The summed E-state index contributed by atoms with van der Waals surface area (Å²) in [6.45, 7) is 6.87. The number of urea groups is 1. The number of carbonyl (C=O) groups excluding carboxylic acids is 1. The quantitative estimate of drug-likeness (QED) is 0.568.